The molecule has 0 radical (unpaired) electrons. The molecular weight excluding hydrogens is 352 g/mol. The van der Waals surface area contributed by atoms with Crippen LogP contribution in [0.1, 0.15) is 26.7 Å². The predicted molar refractivity (Wildman–Crippen MR) is 90.7 cm³/mol. The first-order valence-corrected chi connectivity index (χ1v) is 10.9. The van der Waals surface area contributed by atoms with Gasteiger partial charge in [-0.3, -0.25) is 0 Å². The van der Waals surface area contributed by atoms with Crippen molar-refractivity contribution in [1.82, 2.24) is 9.03 Å². The first kappa shape index (κ1) is 19.3. The Morgan fingerprint density at radius 2 is 1.67 bits per heavy atom. The fourth-order valence-electron chi connectivity index (χ4n) is 2.59. The number of rotatable bonds is 8. The predicted octanol–water partition coefficient (Wildman–Crippen LogP) is 1.17. The van der Waals surface area contributed by atoms with E-state index < -0.39 is 20.0 Å². The highest BCUT2D eigenvalue weighted by Crippen LogP contribution is 2.19. The first-order valence-electron chi connectivity index (χ1n) is 8.02. The van der Waals surface area contributed by atoms with Crippen molar-refractivity contribution in [3.05, 3.63) is 24.3 Å². The van der Waals surface area contributed by atoms with Gasteiger partial charge in [0.1, 0.15) is 0 Å². The van der Waals surface area contributed by atoms with Gasteiger partial charge in [0.05, 0.1) is 15.9 Å². The molecule has 0 aliphatic carbocycles. The molecule has 1 fully saturated rings. The second-order valence-electron chi connectivity index (χ2n) is 5.55. The second kappa shape index (κ2) is 7.92. The van der Waals surface area contributed by atoms with Gasteiger partial charge in [-0.1, -0.05) is 13.8 Å². The molecule has 0 saturated carbocycles. The zero-order valence-corrected chi connectivity index (χ0v) is 15.6. The third kappa shape index (κ3) is 4.34. The molecule has 136 valence electrons. The molecule has 1 aromatic carbocycles. The molecule has 1 heterocycles. The molecular formula is C15H24N2O5S2. The summed E-state index contributed by atoms with van der Waals surface area (Å²) in [7, 11) is -7.27. The molecule has 2 rings (SSSR count). The Morgan fingerprint density at radius 3 is 2.17 bits per heavy atom. The maximum atomic E-state index is 12.4. The number of nitrogens with zero attached hydrogens (tertiary/aromatic N) is 1. The van der Waals surface area contributed by atoms with Crippen molar-refractivity contribution < 1.29 is 21.6 Å². The highest BCUT2D eigenvalue weighted by atomic mass is 32.2. The molecule has 0 bridgehead atoms. The monoisotopic (exact) mass is 376 g/mol. The maximum absolute atomic E-state index is 12.4. The number of ether oxygens (including phenoxy) is 1. The van der Waals surface area contributed by atoms with E-state index in [0.717, 1.165) is 12.8 Å². The van der Waals surface area contributed by atoms with Crippen molar-refractivity contribution in [3.63, 3.8) is 0 Å². The smallest absolute Gasteiger partial charge is 0.243 e. The molecule has 1 aliphatic heterocycles. The molecule has 0 unspecified atom stereocenters. The maximum Gasteiger partial charge on any atom is 0.243 e. The Labute approximate surface area is 144 Å². The summed E-state index contributed by atoms with van der Waals surface area (Å²) in [6.45, 7) is 5.12. The number of hydrogen-bond donors (Lipinski definition) is 1. The van der Waals surface area contributed by atoms with Crippen LogP contribution in [0.15, 0.2) is 34.1 Å². The summed E-state index contributed by atoms with van der Waals surface area (Å²) >= 11 is 0. The van der Waals surface area contributed by atoms with E-state index in [1.807, 2.05) is 0 Å². The Balaban J connectivity index is 2.13. The van der Waals surface area contributed by atoms with Crippen molar-refractivity contribution >= 4 is 20.0 Å². The van der Waals surface area contributed by atoms with E-state index in [1.165, 1.54) is 28.6 Å². The van der Waals surface area contributed by atoms with Crippen LogP contribution >= 0.6 is 0 Å². The summed E-state index contributed by atoms with van der Waals surface area (Å²) in [4.78, 5) is 0.128. The summed E-state index contributed by atoms with van der Waals surface area (Å²) in [5, 5.41) is 0. The normalized spacial score (nSPS) is 19.0. The summed E-state index contributed by atoms with van der Waals surface area (Å²) in [6.07, 6.45) is 1.68. The molecule has 1 aliphatic rings. The molecule has 0 spiro atoms. The lowest BCUT2D eigenvalue weighted by atomic mass is 10.2. The van der Waals surface area contributed by atoms with Crippen LogP contribution < -0.4 is 4.72 Å². The number of sulfonamides is 2. The van der Waals surface area contributed by atoms with E-state index >= 15 is 0 Å². The lowest BCUT2D eigenvalue weighted by Crippen LogP contribution is -2.32. The minimum absolute atomic E-state index is 0.0407. The van der Waals surface area contributed by atoms with Crippen molar-refractivity contribution in [1.29, 1.82) is 0 Å². The Bertz CT molecular complexity index is 735. The standard InChI is InChI=1S/C15H24N2O5S2/c1-3-17(4-2)24(20,21)15-9-7-14(8-10-15)23(18,19)16-12-13-6-5-11-22-13/h7-10,13,16H,3-6,11-12H2,1-2H3/t13-/m0/s1. The number of nitrogens with one attached hydrogen (secondary N) is 1. The van der Waals surface area contributed by atoms with E-state index in [1.54, 1.807) is 13.8 Å². The number of hydrogen-bond acceptors (Lipinski definition) is 5. The van der Waals surface area contributed by atoms with Crippen LogP contribution in [-0.2, 0) is 24.8 Å². The Kier molecular flexibility index (Phi) is 6.38. The van der Waals surface area contributed by atoms with E-state index in [2.05, 4.69) is 4.72 Å². The molecule has 7 nitrogen and oxygen atoms in total. The van der Waals surface area contributed by atoms with Gasteiger partial charge in [-0.05, 0) is 37.1 Å². The van der Waals surface area contributed by atoms with Crippen LogP contribution in [0, 0.1) is 0 Å². The third-order valence-electron chi connectivity index (χ3n) is 4.00. The third-order valence-corrected chi connectivity index (χ3v) is 7.51. The van der Waals surface area contributed by atoms with Gasteiger partial charge in [0.15, 0.2) is 0 Å². The molecule has 0 amide bonds. The molecule has 1 N–H and O–H groups in total. The fourth-order valence-corrected chi connectivity index (χ4v) is 5.12. The Hall–Kier alpha value is -1.00. The van der Waals surface area contributed by atoms with Crippen molar-refractivity contribution in [2.45, 2.75) is 42.6 Å². The van der Waals surface area contributed by atoms with Gasteiger partial charge in [0, 0.05) is 26.2 Å². The van der Waals surface area contributed by atoms with Gasteiger partial charge in [0.2, 0.25) is 20.0 Å². The van der Waals surface area contributed by atoms with Crippen LogP contribution in [0.25, 0.3) is 0 Å². The molecule has 1 aromatic rings. The molecule has 24 heavy (non-hydrogen) atoms. The van der Waals surface area contributed by atoms with E-state index in [0.29, 0.717) is 19.7 Å². The highest BCUT2D eigenvalue weighted by Gasteiger charge is 2.23. The van der Waals surface area contributed by atoms with Crippen LogP contribution in [0.4, 0.5) is 0 Å². The average molecular weight is 377 g/mol. The van der Waals surface area contributed by atoms with E-state index in [-0.39, 0.29) is 22.4 Å². The van der Waals surface area contributed by atoms with Crippen LogP contribution in [-0.4, -0.2) is 53.5 Å². The zero-order valence-electron chi connectivity index (χ0n) is 13.9. The second-order valence-corrected chi connectivity index (χ2v) is 9.25. The average Bonchev–Trinajstić information content (AvgIpc) is 3.07. The molecule has 0 aromatic heterocycles. The zero-order chi connectivity index (χ0) is 17.8. The summed E-state index contributed by atoms with van der Waals surface area (Å²) in [5.74, 6) is 0. The van der Waals surface area contributed by atoms with E-state index in [9.17, 15) is 16.8 Å². The first-order chi connectivity index (χ1) is 11.3. The van der Waals surface area contributed by atoms with Crippen LogP contribution in [0.5, 0.6) is 0 Å². The van der Waals surface area contributed by atoms with Gasteiger partial charge < -0.3 is 4.74 Å². The quantitative estimate of drug-likeness (QED) is 0.735. The lowest BCUT2D eigenvalue weighted by Gasteiger charge is -2.18. The minimum Gasteiger partial charge on any atom is -0.377 e. The van der Waals surface area contributed by atoms with Crippen molar-refractivity contribution in [3.8, 4) is 0 Å². The summed E-state index contributed by atoms with van der Waals surface area (Å²) in [6, 6.07) is 5.28. The van der Waals surface area contributed by atoms with Gasteiger partial charge >= 0.3 is 0 Å². The summed E-state index contributed by atoms with van der Waals surface area (Å²) < 4.78 is 58.6. The lowest BCUT2D eigenvalue weighted by molar-refractivity contribution is 0.114. The van der Waals surface area contributed by atoms with E-state index in [4.69, 9.17) is 4.74 Å². The van der Waals surface area contributed by atoms with Crippen LogP contribution in [0.3, 0.4) is 0 Å². The molecule has 9 heteroatoms. The number of benzene rings is 1. The van der Waals surface area contributed by atoms with Gasteiger partial charge in [0.25, 0.3) is 0 Å². The SMILES string of the molecule is CCN(CC)S(=O)(=O)c1ccc(S(=O)(=O)NC[C@@H]2CCCO2)cc1. The summed E-state index contributed by atoms with van der Waals surface area (Å²) in [5.41, 5.74) is 0. The highest BCUT2D eigenvalue weighted by molar-refractivity contribution is 7.89. The minimum atomic E-state index is -3.68. The molecule has 1 atom stereocenters. The topological polar surface area (TPSA) is 92.8 Å². The Morgan fingerprint density at radius 1 is 1.08 bits per heavy atom. The van der Waals surface area contributed by atoms with Gasteiger partial charge in [-0.2, -0.15) is 4.31 Å². The molecule has 1 saturated heterocycles. The van der Waals surface area contributed by atoms with Crippen molar-refractivity contribution in [2.24, 2.45) is 0 Å². The van der Waals surface area contributed by atoms with Crippen molar-refractivity contribution in [2.75, 3.05) is 26.2 Å². The largest absolute Gasteiger partial charge is 0.377 e. The van der Waals surface area contributed by atoms with Gasteiger partial charge in [-0.25, -0.2) is 21.6 Å². The fraction of sp³-hybridized carbons (Fsp3) is 0.600. The van der Waals surface area contributed by atoms with Crippen LogP contribution in [0.2, 0.25) is 0 Å². The van der Waals surface area contributed by atoms with Gasteiger partial charge in [-0.15, -0.1) is 0 Å².